The SMILES string of the molecule is CSCC(C)NC(=O)NCC1(C(=O)O)CCOCC1. The molecule has 110 valence electrons. The fraction of sp³-hybridized carbons (Fsp3) is 0.833. The van der Waals surface area contributed by atoms with E-state index in [9.17, 15) is 14.7 Å². The Hall–Kier alpha value is -0.950. The summed E-state index contributed by atoms with van der Waals surface area (Å²) in [6.07, 6.45) is 2.84. The molecule has 1 atom stereocenters. The van der Waals surface area contributed by atoms with Crippen LogP contribution in [0.3, 0.4) is 0 Å². The van der Waals surface area contributed by atoms with E-state index in [1.165, 1.54) is 0 Å². The number of ether oxygens (including phenoxy) is 1. The van der Waals surface area contributed by atoms with Crippen LogP contribution in [0.5, 0.6) is 0 Å². The van der Waals surface area contributed by atoms with E-state index in [0.29, 0.717) is 26.1 Å². The van der Waals surface area contributed by atoms with Gasteiger partial charge in [-0.05, 0) is 26.0 Å². The highest BCUT2D eigenvalue weighted by Gasteiger charge is 2.40. The molecule has 7 heteroatoms. The number of nitrogens with one attached hydrogen (secondary N) is 2. The number of aliphatic carboxylic acids is 1. The second-order valence-corrected chi connectivity index (χ2v) is 5.79. The third-order valence-electron chi connectivity index (χ3n) is 3.29. The first-order valence-electron chi connectivity index (χ1n) is 6.34. The molecule has 0 aliphatic carbocycles. The summed E-state index contributed by atoms with van der Waals surface area (Å²) in [4.78, 5) is 23.1. The molecule has 0 spiro atoms. The number of amides is 2. The second kappa shape index (κ2) is 7.59. The molecule has 0 bridgehead atoms. The largest absolute Gasteiger partial charge is 0.481 e. The number of carboxylic acids is 1. The lowest BCUT2D eigenvalue weighted by Crippen LogP contribution is -2.50. The summed E-state index contributed by atoms with van der Waals surface area (Å²) in [5, 5.41) is 14.8. The van der Waals surface area contributed by atoms with Gasteiger partial charge in [-0.3, -0.25) is 4.79 Å². The number of urea groups is 1. The van der Waals surface area contributed by atoms with E-state index in [-0.39, 0.29) is 18.6 Å². The molecule has 1 saturated heterocycles. The quantitative estimate of drug-likeness (QED) is 0.677. The lowest BCUT2D eigenvalue weighted by molar-refractivity contribution is -0.154. The molecule has 0 saturated carbocycles. The predicted molar refractivity (Wildman–Crippen MR) is 74.5 cm³/mol. The molecular weight excluding hydrogens is 268 g/mol. The van der Waals surface area contributed by atoms with Crippen molar-refractivity contribution in [1.29, 1.82) is 0 Å². The van der Waals surface area contributed by atoms with Crippen molar-refractivity contribution in [2.45, 2.75) is 25.8 Å². The van der Waals surface area contributed by atoms with Gasteiger partial charge in [0.1, 0.15) is 0 Å². The zero-order valence-electron chi connectivity index (χ0n) is 11.4. The van der Waals surface area contributed by atoms with Crippen molar-refractivity contribution in [3.8, 4) is 0 Å². The maximum Gasteiger partial charge on any atom is 0.315 e. The summed E-state index contributed by atoms with van der Waals surface area (Å²) < 4.78 is 5.18. The van der Waals surface area contributed by atoms with Gasteiger partial charge >= 0.3 is 12.0 Å². The average Bonchev–Trinajstić information content (AvgIpc) is 2.37. The summed E-state index contributed by atoms with van der Waals surface area (Å²) >= 11 is 1.65. The van der Waals surface area contributed by atoms with E-state index in [2.05, 4.69) is 10.6 Å². The number of carboxylic acid groups (broad SMARTS) is 1. The molecule has 0 aromatic carbocycles. The Morgan fingerprint density at radius 3 is 2.58 bits per heavy atom. The molecular formula is C12H22N2O4S. The van der Waals surface area contributed by atoms with E-state index in [4.69, 9.17) is 4.74 Å². The van der Waals surface area contributed by atoms with Gasteiger partial charge in [0.2, 0.25) is 0 Å². The fourth-order valence-corrected chi connectivity index (χ4v) is 2.63. The zero-order valence-corrected chi connectivity index (χ0v) is 12.2. The first kappa shape index (κ1) is 16.1. The van der Waals surface area contributed by atoms with Crippen molar-refractivity contribution in [1.82, 2.24) is 10.6 Å². The number of carbonyl (C=O) groups is 2. The van der Waals surface area contributed by atoms with E-state index in [0.717, 1.165) is 5.75 Å². The summed E-state index contributed by atoms with van der Waals surface area (Å²) in [6.45, 7) is 2.91. The molecule has 2 amide bonds. The minimum absolute atomic E-state index is 0.0606. The van der Waals surface area contributed by atoms with Gasteiger partial charge in [0.05, 0.1) is 5.41 Å². The van der Waals surface area contributed by atoms with Gasteiger partial charge in [0.15, 0.2) is 0 Å². The van der Waals surface area contributed by atoms with Gasteiger partial charge in [-0.2, -0.15) is 11.8 Å². The van der Waals surface area contributed by atoms with Crippen molar-refractivity contribution in [3.63, 3.8) is 0 Å². The number of thioether (sulfide) groups is 1. The summed E-state index contributed by atoms with van der Waals surface area (Å²) in [6, 6.07) is -0.251. The maximum atomic E-state index is 11.7. The molecule has 19 heavy (non-hydrogen) atoms. The molecule has 1 fully saturated rings. The Bertz CT molecular complexity index is 319. The Kier molecular flexibility index (Phi) is 6.44. The standard InChI is InChI=1S/C12H22N2O4S/c1-9(7-19-2)14-11(17)13-8-12(10(15)16)3-5-18-6-4-12/h9H,3-8H2,1-2H3,(H,15,16)(H2,13,14,17). The van der Waals surface area contributed by atoms with Gasteiger partial charge in [-0.15, -0.1) is 0 Å². The number of carbonyl (C=O) groups excluding carboxylic acids is 1. The molecule has 3 N–H and O–H groups in total. The highest BCUT2D eigenvalue weighted by atomic mass is 32.2. The molecule has 1 heterocycles. The summed E-state index contributed by atoms with van der Waals surface area (Å²) in [5.41, 5.74) is -0.891. The topological polar surface area (TPSA) is 87.7 Å². The zero-order chi connectivity index (χ0) is 14.3. The van der Waals surface area contributed by atoms with Crippen LogP contribution in [0.4, 0.5) is 4.79 Å². The Morgan fingerprint density at radius 2 is 2.05 bits per heavy atom. The van der Waals surface area contributed by atoms with Gasteiger partial charge < -0.3 is 20.5 Å². The molecule has 6 nitrogen and oxygen atoms in total. The Morgan fingerprint density at radius 1 is 1.42 bits per heavy atom. The van der Waals surface area contributed by atoms with Crippen LogP contribution >= 0.6 is 11.8 Å². The molecule has 1 aliphatic heterocycles. The minimum Gasteiger partial charge on any atom is -0.481 e. The molecule has 1 aliphatic rings. The monoisotopic (exact) mass is 290 g/mol. The average molecular weight is 290 g/mol. The normalized spacial score (nSPS) is 19.5. The second-order valence-electron chi connectivity index (χ2n) is 4.88. The van der Waals surface area contributed by atoms with Crippen molar-refractivity contribution in [2.75, 3.05) is 31.8 Å². The van der Waals surface area contributed by atoms with Crippen LogP contribution in [0.1, 0.15) is 19.8 Å². The minimum atomic E-state index is -0.891. The third-order valence-corrected chi connectivity index (χ3v) is 4.12. The Labute approximate surface area is 117 Å². The van der Waals surface area contributed by atoms with Crippen molar-refractivity contribution in [2.24, 2.45) is 5.41 Å². The van der Waals surface area contributed by atoms with Gasteiger partial charge in [0, 0.05) is 31.6 Å². The first-order valence-corrected chi connectivity index (χ1v) is 7.74. The van der Waals surface area contributed by atoms with Crippen molar-refractivity contribution < 1.29 is 19.4 Å². The van der Waals surface area contributed by atoms with Crippen LogP contribution < -0.4 is 10.6 Å². The van der Waals surface area contributed by atoms with E-state index in [1.54, 1.807) is 11.8 Å². The van der Waals surface area contributed by atoms with Crippen molar-refractivity contribution in [3.05, 3.63) is 0 Å². The van der Waals surface area contributed by atoms with E-state index < -0.39 is 11.4 Å². The first-order chi connectivity index (χ1) is 9.00. The maximum absolute atomic E-state index is 11.7. The third kappa shape index (κ3) is 4.91. The lowest BCUT2D eigenvalue weighted by Gasteiger charge is -2.33. The smallest absolute Gasteiger partial charge is 0.315 e. The number of hydrogen-bond acceptors (Lipinski definition) is 4. The van der Waals surface area contributed by atoms with Crippen LogP contribution in [-0.4, -0.2) is 54.9 Å². The predicted octanol–water partition coefficient (Wildman–Crippen LogP) is 0.918. The number of rotatable bonds is 6. The molecule has 1 unspecified atom stereocenters. The Balaban J connectivity index is 2.44. The number of hydrogen-bond donors (Lipinski definition) is 3. The fourth-order valence-electron chi connectivity index (χ4n) is 2.04. The van der Waals surface area contributed by atoms with E-state index >= 15 is 0 Å². The van der Waals surface area contributed by atoms with Gasteiger partial charge in [0.25, 0.3) is 0 Å². The lowest BCUT2D eigenvalue weighted by atomic mass is 9.80. The molecule has 0 radical (unpaired) electrons. The van der Waals surface area contributed by atoms with E-state index in [1.807, 2.05) is 13.2 Å². The summed E-state index contributed by atoms with van der Waals surface area (Å²) in [5.74, 6) is -0.0426. The highest BCUT2D eigenvalue weighted by molar-refractivity contribution is 7.98. The molecule has 1 rings (SSSR count). The van der Waals surface area contributed by atoms with Crippen molar-refractivity contribution >= 4 is 23.8 Å². The van der Waals surface area contributed by atoms with Gasteiger partial charge in [-0.25, -0.2) is 4.79 Å². The molecule has 0 aromatic rings. The van der Waals surface area contributed by atoms with Crippen LogP contribution in [0.25, 0.3) is 0 Å². The highest BCUT2D eigenvalue weighted by Crippen LogP contribution is 2.29. The van der Waals surface area contributed by atoms with Crippen LogP contribution in [-0.2, 0) is 9.53 Å². The van der Waals surface area contributed by atoms with Crippen LogP contribution in [0, 0.1) is 5.41 Å². The molecule has 0 aromatic heterocycles. The van der Waals surface area contributed by atoms with Crippen LogP contribution in [0.15, 0.2) is 0 Å². The van der Waals surface area contributed by atoms with Gasteiger partial charge in [-0.1, -0.05) is 0 Å². The van der Waals surface area contributed by atoms with Crippen LogP contribution in [0.2, 0.25) is 0 Å². The summed E-state index contributed by atoms with van der Waals surface area (Å²) in [7, 11) is 0.